The SMILES string of the molecule is COc1cc(C)ccc1NCC1CCC(C(C)(C)C)CC1. The number of benzene rings is 1. The Hall–Kier alpha value is -1.18. The van der Waals surface area contributed by atoms with Crippen LogP contribution < -0.4 is 10.1 Å². The second-order valence-electron chi connectivity index (χ2n) is 7.67. The summed E-state index contributed by atoms with van der Waals surface area (Å²) in [6.45, 7) is 10.3. The summed E-state index contributed by atoms with van der Waals surface area (Å²) in [5, 5.41) is 3.59. The monoisotopic (exact) mass is 289 g/mol. The minimum atomic E-state index is 0.471. The van der Waals surface area contributed by atoms with Gasteiger partial charge < -0.3 is 10.1 Å². The summed E-state index contributed by atoms with van der Waals surface area (Å²) in [6.07, 6.45) is 5.45. The lowest BCUT2D eigenvalue weighted by molar-refractivity contribution is 0.153. The molecule has 1 fully saturated rings. The largest absolute Gasteiger partial charge is 0.495 e. The number of ether oxygens (including phenoxy) is 1. The van der Waals surface area contributed by atoms with Crippen molar-refractivity contribution in [2.45, 2.75) is 53.4 Å². The lowest BCUT2D eigenvalue weighted by Gasteiger charge is -2.37. The summed E-state index contributed by atoms with van der Waals surface area (Å²) in [5.41, 5.74) is 2.84. The normalized spacial score (nSPS) is 22.9. The first-order valence-corrected chi connectivity index (χ1v) is 8.28. The van der Waals surface area contributed by atoms with Gasteiger partial charge in [0.05, 0.1) is 12.8 Å². The van der Waals surface area contributed by atoms with Gasteiger partial charge in [0.1, 0.15) is 5.75 Å². The van der Waals surface area contributed by atoms with E-state index in [1.165, 1.54) is 31.2 Å². The standard InChI is InChI=1S/C19H31NO/c1-14-6-11-17(18(12-14)21-5)20-13-15-7-9-16(10-8-15)19(2,3)4/h6,11-12,15-16,20H,7-10,13H2,1-5H3. The van der Waals surface area contributed by atoms with Crippen LogP contribution in [0, 0.1) is 24.2 Å². The number of rotatable bonds is 4. The molecule has 0 atom stereocenters. The van der Waals surface area contributed by atoms with Gasteiger partial charge >= 0.3 is 0 Å². The van der Waals surface area contributed by atoms with Crippen molar-refractivity contribution < 1.29 is 4.74 Å². The summed E-state index contributed by atoms with van der Waals surface area (Å²) in [5.74, 6) is 2.65. The van der Waals surface area contributed by atoms with Crippen LogP contribution in [0.1, 0.15) is 52.0 Å². The molecule has 0 amide bonds. The molecule has 1 saturated carbocycles. The van der Waals surface area contributed by atoms with Crippen LogP contribution in [0.3, 0.4) is 0 Å². The maximum Gasteiger partial charge on any atom is 0.142 e. The van der Waals surface area contributed by atoms with E-state index in [-0.39, 0.29) is 0 Å². The highest BCUT2D eigenvalue weighted by Crippen LogP contribution is 2.40. The predicted octanol–water partition coefficient (Wildman–Crippen LogP) is 5.27. The van der Waals surface area contributed by atoms with Crippen LogP contribution in [0.15, 0.2) is 18.2 Å². The zero-order valence-corrected chi connectivity index (χ0v) is 14.3. The molecule has 0 saturated heterocycles. The topological polar surface area (TPSA) is 21.3 Å². The van der Waals surface area contributed by atoms with Gasteiger partial charge in [-0.3, -0.25) is 0 Å². The lowest BCUT2D eigenvalue weighted by Crippen LogP contribution is -2.28. The fraction of sp³-hybridized carbons (Fsp3) is 0.684. The molecule has 1 aliphatic rings. The van der Waals surface area contributed by atoms with E-state index in [0.29, 0.717) is 5.41 Å². The molecule has 0 radical (unpaired) electrons. The number of hydrogen-bond donors (Lipinski definition) is 1. The molecule has 2 nitrogen and oxygen atoms in total. The molecular weight excluding hydrogens is 258 g/mol. The molecule has 1 aliphatic carbocycles. The number of aryl methyl sites for hydroxylation is 1. The van der Waals surface area contributed by atoms with Crippen molar-refractivity contribution >= 4 is 5.69 Å². The Morgan fingerprint density at radius 3 is 2.38 bits per heavy atom. The van der Waals surface area contributed by atoms with Crippen molar-refractivity contribution in [2.75, 3.05) is 19.0 Å². The fourth-order valence-electron chi connectivity index (χ4n) is 3.43. The smallest absolute Gasteiger partial charge is 0.142 e. The summed E-state index contributed by atoms with van der Waals surface area (Å²) >= 11 is 0. The van der Waals surface area contributed by atoms with Gasteiger partial charge in [-0.15, -0.1) is 0 Å². The molecule has 0 aliphatic heterocycles. The van der Waals surface area contributed by atoms with E-state index < -0.39 is 0 Å². The fourth-order valence-corrected chi connectivity index (χ4v) is 3.43. The molecule has 1 aromatic rings. The average molecular weight is 289 g/mol. The third-order valence-corrected chi connectivity index (χ3v) is 5.01. The second kappa shape index (κ2) is 6.72. The summed E-state index contributed by atoms with van der Waals surface area (Å²) in [6, 6.07) is 6.37. The van der Waals surface area contributed by atoms with Gasteiger partial charge in [-0.25, -0.2) is 0 Å². The first-order chi connectivity index (χ1) is 9.90. The maximum atomic E-state index is 5.47. The molecular formula is C19H31NO. The second-order valence-corrected chi connectivity index (χ2v) is 7.67. The van der Waals surface area contributed by atoms with Crippen LogP contribution in [-0.4, -0.2) is 13.7 Å². The number of hydrogen-bond acceptors (Lipinski definition) is 2. The Morgan fingerprint density at radius 2 is 1.81 bits per heavy atom. The van der Waals surface area contributed by atoms with Crippen molar-refractivity contribution in [1.82, 2.24) is 0 Å². The lowest BCUT2D eigenvalue weighted by atomic mass is 9.70. The highest BCUT2D eigenvalue weighted by Gasteiger charge is 2.29. The van der Waals surface area contributed by atoms with Crippen LogP contribution >= 0.6 is 0 Å². The molecule has 0 spiro atoms. The molecule has 0 unspecified atom stereocenters. The van der Waals surface area contributed by atoms with Crippen molar-refractivity contribution in [3.05, 3.63) is 23.8 Å². The van der Waals surface area contributed by atoms with Crippen molar-refractivity contribution in [1.29, 1.82) is 0 Å². The average Bonchev–Trinajstić information content (AvgIpc) is 2.45. The van der Waals surface area contributed by atoms with Gasteiger partial charge in [0.15, 0.2) is 0 Å². The summed E-state index contributed by atoms with van der Waals surface area (Å²) < 4.78 is 5.47. The molecule has 2 heteroatoms. The number of anilines is 1. The Bertz CT molecular complexity index is 453. The van der Waals surface area contributed by atoms with E-state index in [1.54, 1.807) is 7.11 Å². The third kappa shape index (κ3) is 4.39. The highest BCUT2D eigenvalue weighted by molar-refractivity contribution is 5.57. The summed E-state index contributed by atoms with van der Waals surface area (Å²) in [4.78, 5) is 0. The number of methoxy groups -OCH3 is 1. The van der Waals surface area contributed by atoms with Gasteiger partial charge in [0.2, 0.25) is 0 Å². The Labute approximate surface area is 130 Å². The molecule has 118 valence electrons. The highest BCUT2D eigenvalue weighted by atomic mass is 16.5. The quantitative estimate of drug-likeness (QED) is 0.815. The van der Waals surface area contributed by atoms with Gasteiger partial charge in [-0.05, 0) is 67.6 Å². The van der Waals surface area contributed by atoms with E-state index in [4.69, 9.17) is 4.74 Å². The van der Waals surface area contributed by atoms with E-state index in [0.717, 1.165) is 29.8 Å². The first kappa shape index (κ1) is 16.2. The van der Waals surface area contributed by atoms with Crippen molar-refractivity contribution in [3.8, 4) is 5.75 Å². The van der Waals surface area contributed by atoms with Crippen LogP contribution in [0.5, 0.6) is 5.75 Å². The molecule has 0 heterocycles. The first-order valence-electron chi connectivity index (χ1n) is 8.28. The van der Waals surface area contributed by atoms with Crippen LogP contribution in [0.4, 0.5) is 5.69 Å². The van der Waals surface area contributed by atoms with Crippen molar-refractivity contribution in [2.24, 2.45) is 17.3 Å². The predicted molar refractivity (Wildman–Crippen MR) is 91.1 cm³/mol. The van der Waals surface area contributed by atoms with Crippen LogP contribution in [0.2, 0.25) is 0 Å². The van der Waals surface area contributed by atoms with Gasteiger partial charge in [0.25, 0.3) is 0 Å². The van der Waals surface area contributed by atoms with E-state index in [1.807, 2.05) is 0 Å². The van der Waals surface area contributed by atoms with Gasteiger partial charge in [0, 0.05) is 6.54 Å². The molecule has 1 N–H and O–H groups in total. The minimum Gasteiger partial charge on any atom is -0.495 e. The maximum absolute atomic E-state index is 5.47. The van der Waals surface area contributed by atoms with Crippen molar-refractivity contribution in [3.63, 3.8) is 0 Å². The molecule has 0 aromatic heterocycles. The zero-order chi connectivity index (χ0) is 15.5. The molecule has 1 aromatic carbocycles. The van der Waals surface area contributed by atoms with E-state index >= 15 is 0 Å². The molecule has 2 rings (SSSR count). The summed E-state index contributed by atoms with van der Waals surface area (Å²) in [7, 11) is 1.74. The van der Waals surface area contributed by atoms with Gasteiger partial charge in [-0.2, -0.15) is 0 Å². The molecule has 21 heavy (non-hydrogen) atoms. The Balaban J connectivity index is 1.85. The van der Waals surface area contributed by atoms with Crippen LogP contribution in [0.25, 0.3) is 0 Å². The zero-order valence-electron chi connectivity index (χ0n) is 14.3. The van der Waals surface area contributed by atoms with Crippen LogP contribution in [-0.2, 0) is 0 Å². The molecule has 0 bridgehead atoms. The third-order valence-electron chi connectivity index (χ3n) is 5.01. The minimum absolute atomic E-state index is 0.471. The van der Waals surface area contributed by atoms with Gasteiger partial charge in [-0.1, -0.05) is 26.8 Å². The Morgan fingerprint density at radius 1 is 1.14 bits per heavy atom. The van der Waals surface area contributed by atoms with E-state index in [2.05, 4.69) is 51.2 Å². The Kier molecular flexibility index (Phi) is 5.18. The number of nitrogens with one attached hydrogen (secondary N) is 1. The van der Waals surface area contributed by atoms with E-state index in [9.17, 15) is 0 Å².